The van der Waals surface area contributed by atoms with Crippen molar-refractivity contribution in [1.82, 2.24) is 47.9 Å². The third-order valence-corrected chi connectivity index (χ3v) is 11.3. The zero-order valence-corrected chi connectivity index (χ0v) is 41.5. The quantitative estimate of drug-likeness (QED) is 0.0181. The van der Waals surface area contributed by atoms with Crippen molar-refractivity contribution in [3.05, 3.63) is 29.8 Å². The lowest BCUT2D eigenvalue weighted by Crippen LogP contribution is -2.61. The van der Waals surface area contributed by atoms with Crippen LogP contribution < -0.4 is 65.1 Å². The van der Waals surface area contributed by atoms with E-state index in [0.717, 1.165) is 0 Å². The van der Waals surface area contributed by atoms with E-state index in [-0.39, 0.29) is 69.2 Å². The number of unbranched alkanes of at least 4 members (excludes halogenated alkanes) is 1. The number of benzene rings is 1. The van der Waals surface area contributed by atoms with Crippen LogP contribution in [0.15, 0.2) is 24.3 Å². The van der Waals surface area contributed by atoms with E-state index in [9.17, 15) is 58.5 Å². The van der Waals surface area contributed by atoms with Gasteiger partial charge < -0.3 is 80.4 Å². The normalized spacial score (nSPS) is 14.9. The molecule has 0 saturated heterocycles. The van der Waals surface area contributed by atoms with Crippen LogP contribution in [0.2, 0.25) is 0 Å². The van der Waals surface area contributed by atoms with Gasteiger partial charge in [0.1, 0.15) is 48.0 Å². The molecule has 0 saturated carbocycles. The van der Waals surface area contributed by atoms with Crippen molar-refractivity contribution in [2.45, 2.75) is 140 Å². The maximum Gasteiger partial charge on any atom is 0.305 e. The molecule has 26 heteroatoms. The van der Waals surface area contributed by atoms with Gasteiger partial charge in [-0.2, -0.15) is 11.8 Å². The fourth-order valence-electron chi connectivity index (χ4n) is 6.76. The van der Waals surface area contributed by atoms with E-state index in [1.807, 2.05) is 6.26 Å². The Kier molecular flexibility index (Phi) is 28.7. The number of phenolic OH excluding ortho intramolecular Hbond substituents is 1. The number of carbonyl (C=O) groups excluding carboxylic acids is 8. The van der Waals surface area contributed by atoms with E-state index in [4.69, 9.17) is 22.6 Å². The van der Waals surface area contributed by atoms with Crippen molar-refractivity contribution < 1.29 is 58.5 Å². The summed E-state index contributed by atoms with van der Waals surface area (Å²) in [4.78, 5) is 120. The molecule has 0 bridgehead atoms. The van der Waals surface area contributed by atoms with Crippen LogP contribution in [0.4, 0.5) is 0 Å². The van der Waals surface area contributed by atoms with Crippen molar-refractivity contribution in [3.63, 3.8) is 0 Å². The molecular formula is C44H75N13O12S. The highest BCUT2D eigenvalue weighted by Gasteiger charge is 2.36. The number of carboxylic acid groups (broad SMARTS) is 1. The van der Waals surface area contributed by atoms with Crippen LogP contribution in [-0.2, 0) is 49.6 Å². The van der Waals surface area contributed by atoms with Gasteiger partial charge in [-0.05, 0) is 108 Å². The number of hydrogen-bond donors (Lipinski definition) is 16. The number of nitrogens with one attached hydrogen (secondary N) is 10. The lowest BCUT2D eigenvalue weighted by atomic mass is 10.0. The predicted molar refractivity (Wildman–Crippen MR) is 261 cm³/mol. The maximum absolute atomic E-state index is 14.4. The minimum atomic E-state index is -1.84. The number of primary amides is 1. The number of aromatic hydroxyl groups is 1. The monoisotopic (exact) mass is 1010 g/mol. The Hall–Kier alpha value is -6.25. The second-order valence-corrected chi connectivity index (χ2v) is 18.1. The summed E-state index contributed by atoms with van der Waals surface area (Å²) in [5.74, 6) is -8.56. The van der Waals surface area contributed by atoms with Crippen LogP contribution in [0.3, 0.4) is 0 Å². The number of thioether (sulfide) groups is 1. The molecule has 70 heavy (non-hydrogen) atoms. The molecule has 0 heterocycles. The van der Waals surface area contributed by atoms with Crippen molar-refractivity contribution in [3.8, 4) is 5.75 Å². The topological polar surface area (TPSA) is 424 Å². The van der Waals surface area contributed by atoms with Gasteiger partial charge in [0, 0.05) is 13.0 Å². The summed E-state index contributed by atoms with van der Waals surface area (Å²) in [6, 6.07) is -5.15. The van der Waals surface area contributed by atoms with Crippen molar-refractivity contribution in [1.29, 1.82) is 5.41 Å². The molecule has 0 fully saturated rings. The van der Waals surface area contributed by atoms with Gasteiger partial charge in [-0.25, -0.2) is 0 Å². The van der Waals surface area contributed by atoms with Crippen LogP contribution >= 0.6 is 11.8 Å². The number of aliphatic hydroxyl groups is 1. The molecule has 0 aliphatic rings. The van der Waals surface area contributed by atoms with Crippen LogP contribution in [-0.4, -0.2) is 161 Å². The Morgan fingerprint density at radius 2 is 1.16 bits per heavy atom. The minimum absolute atomic E-state index is 0.0758. The smallest absolute Gasteiger partial charge is 0.305 e. The predicted octanol–water partition coefficient (Wildman–Crippen LogP) is -3.53. The summed E-state index contributed by atoms with van der Waals surface area (Å²) in [7, 11) is 1.54. The zero-order valence-electron chi connectivity index (χ0n) is 40.7. The van der Waals surface area contributed by atoms with Crippen molar-refractivity contribution in [2.24, 2.45) is 23.1 Å². The summed E-state index contributed by atoms with van der Waals surface area (Å²) in [6.07, 6.45) is 0.244. The van der Waals surface area contributed by atoms with Gasteiger partial charge in [0.05, 0.1) is 18.6 Å². The average molecular weight is 1010 g/mol. The molecule has 25 nitrogen and oxygen atoms in total. The molecule has 0 unspecified atom stereocenters. The number of amides is 8. The van der Waals surface area contributed by atoms with E-state index in [1.54, 1.807) is 13.8 Å². The van der Waals surface area contributed by atoms with Gasteiger partial charge in [-0.3, -0.25) is 48.6 Å². The number of nitrogens with two attached hydrogens (primary N) is 3. The first-order chi connectivity index (χ1) is 32.9. The molecule has 0 radical (unpaired) electrons. The molecule has 1 aromatic rings. The van der Waals surface area contributed by atoms with Gasteiger partial charge in [0.25, 0.3) is 0 Å². The van der Waals surface area contributed by atoms with Crippen LogP contribution in [0.1, 0.15) is 84.6 Å². The van der Waals surface area contributed by atoms with Gasteiger partial charge in [0.2, 0.25) is 47.3 Å². The molecule has 1 aromatic carbocycles. The highest BCUT2D eigenvalue weighted by atomic mass is 32.2. The molecule has 9 atom stereocenters. The number of carbonyl (C=O) groups is 9. The molecular weight excluding hydrogens is 935 g/mol. The van der Waals surface area contributed by atoms with E-state index < -0.39 is 114 Å². The molecule has 394 valence electrons. The fourth-order valence-corrected chi connectivity index (χ4v) is 7.23. The summed E-state index contributed by atoms with van der Waals surface area (Å²) in [5, 5.41) is 60.7. The van der Waals surface area contributed by atoms with E-state index in [2.05, 4.69) is 47.9 Å². The summed E-state index contributed by atoms with van der Waals surface area (Å²) < 4.78 is 0. The second kappa shape index (κ2) is 32.5. The van der Waals surface area contributed by atoms with Gasteiger partial charge in [-0.1, -0.05) is 26.0 Å². The van der Waals surface area contributed by atoms with Crippen LogP contribution in [0.5, 0.6) is 5.75 Å². The van der Waals surface area contributed by atoms with Crippen LogP contribution in [0, 0.1) is 11.3 Å². The first-order valence-corrected chi connectivity index (χ1v) is 24.4. The molecule has 0 aromatic heterocycles. The van der Waals surface area contributed by atoms with Crippen molar-refractivity contribution in [2.75, 3.05) is 32.1 Å². The Morgan fingerprint density at radius 3 is 1.66 bits per heavy atom. The molecule has 0 aliphatic heterocycles. The lowest BCUT2D eigenvalue weighted by molar-refractivity contribution is -0.142. The Labute approximate surface area is 412 Å². The fraction of sp³-hybridized carbons (Fsp3) is 0.636. The third kappa shape index (κ3) is 23.9. The van der Waals surface area contributed by atoms with Crippen LogP contribution in [0.25, 0.3) is 0 Å². The first kappa shape index (κ1) is 61.8. The number of aliphatic carboxylic acids is 1. The van der Waals surface area contributed by atoms with Gasteiger partial charge in [0.15, 0.2) is 5.96 Å². The average Bonchev–Trinajstić information content (AvgIpc) is 3.28. The highest BCUT2D eigenvalue weighted by molar-refractivity contribution is 7.98. The number of hydrogen-bond acceptors (Lipinski definition) is 15. The number of rotatable bonds is 34. The number of guanidine groups is 1. The third-order valence-electron chi connectivity index (χ3n) is 10.7. The number of aliphatic hydroxyl groups excluding tert-OH is 1. The van der Waals surface area contributed by atoms with Gasteiger partial charge in [-0.15, -0.1) is 0 Å². The molecule has 1 rings (SSSR count). The van der Waals surface area contributed by atoms with Crippen molar-refractivity contribution >= 4 is 70.9 Å². The second-order valence-electron chi connectivity index (χ2n) is 17.2. The molecule has 0 aliphatic carbocycles. The summed E-state index contributed by atoms with van der Waals surface area (Å²) >= 11 is 1.48. The molecule has 19 N–H and O–H groups in total. The number of carboxylic acids is 1. The van der Waals surface area contributed by atoms with Gasteiger partial charge >= 0.3 is 5.97 Å². The SMILES string of the molecule is CN[C@@H](CCSC)C(=O)N[C@H](C(=O)N[C@@H](CC(=O)O)C(=O)N[C@@H](CCCCN)C(=O)N[C@@H](Cc1ccc(O)cc1)C(=O)N[C@@H](CCCNC(=N)N)C(=O)N[C@@H](CC(C)C)C(=O)N[C@@H](C)C(N)=O)[C@@H](C)O. The Bertz CT molecular complexity index is 1910. The largest absolute Gasteiger partial charge is 0.508 e. The molecule has 0 spiro atoms. The van der Waals surface area contributed by atoms with E-state index in [0.29, 0.717) is 24.2 Å². The Balaban J connectivity index is 3.63. The summed E-state index contributed by atoms with van der Waals surface area (Å²) in [5.41, 5.74) is 16.9. The van der Waals surface area contributed by atoms with E-state index in [1.165, 1.54) is 56.9 Å². The standard InChI is InChI=1S/C44H75N13O12S/c1-23(2)20-31(40(66)51-24(3)36(46)62)54-39(65)30(11-9-18-50-44(47)48)53-41(67)32(21-26-12-14-27(59)15-13-26)55-38(64)29(10-7-8-17-45)52-42(68)33(22-34(60)61)56-43(69)35(25(4)58)57-37(63)28(49-5)16-19-70-6/h12-15,23-25,28-33,35,49,58-59H,7-11,16-22,45H2,1-6H3,(H2,46,62)(H,51,66)(H,52,68)(H,53,67)(H,54,65)(H,55,64)(H,56,69)(H,57,63)(H,60,61)(H4,47,48,50)/t24-,25+,28-,29-,30-,31-,32-,33-,35-/m0/s1. The minimum Gasteiger partial charge on any atom is -0.508 e. The maximum atomic E-state index is 14.4. The van der Waals surface area contributed by atoms with E-state index >= 15 is 0 Å². The zero-order chi connectivity index (χ0) is 53.1. The molecule has 8 amide bonds. The highest BCUT2D eigenvalue weighted by Crippen LogP contribution is 2.14. The summed E-state index contributed by atoms with van der Waals surface area (Å²) in [6.45, 7) is 6.48. The Morgan fingerprint density at radius 1 is 0.657 bits per heavy atom. The number of phenols is 1. The number of likely N-dealkylation sites (N-methyl/N-ethyl adjacent to an activating group) is 1. The first-order valence-electron chi connectivity index (χ1n) is 23.0. The lowest BCUT2D eigenvalue weighted by Gasteiger charge is -2.28.